The van der Waals surface area contributed by atoms with E-state index < -0.39 is 0 Å². The highest BCUT2D eigenvalue weighted by molar-refractivity contribution is 5.34. The van der Waals surface area contributed by atoms with E-state index in [-0.39, 0.29) is 5.54 Å². The molecule has 0 unspecified atom stereocenters. The van der Waals surface area contributed by atoms with Crippen LogP contribution in [0.3, 0.4) is 0 Å². The zero-order chi connectivity index (χ0) is 14.3. The fourth-order valence-corrected chi connectivity index (χ4v) is 1.71. The van der Waals surface area contributed by atoms with Crippen molar-refractivity contribution in [2.45, 2.75) is 59.0 Å². The Bertz CT molecular complexity index is 353. The molecule has 0 aromatic carbocycles. The van der Waals surface area contributed by atoms with Gasteiger partial charge in [-0.25, -0.2) is 4.98 Å². The molecule has 0 radical (unpaired) electrons. The van der Waals surface area contributed by atoms with Crippen molar-refractivity contribution in [1.29, 1.82) is 0 Å². The van der Waals surface area contributed by atoms with Crippen molar-refractivity contribution in [1.82, 2.24) is 15.3 Å². The Hall–Kier alpha value is -1.16. The lowest BCUT2D eigenvalue weighted by Crippen LogP contribution is -2.35. The average Bonchev–Trinajstić information content (AvgIpc) is 2.36. The SMILES string of the molecule is CCCCCN(C)c1cnc(CNC(C)(C)C)cn1. The smallest absolute Gasteiger partial charge is 0.146 e. The van der Waals surface area contributed by atoms with Crippen molar-refractivity contribution in [2.75, 3.05) is 18.5 Å². The molecule has 0 bridgehead atoms. The second kappa shape index (κ2) is 7.43. The number of nitrogens with zero attached hydrogens (tertiary/aromatic N) is 3. The van der Waals surface area contributed by atoms with Crippen LogP contribution in [0.2, 0.25) is 0 Å². The Kier molecular flexibility index (Phi) is 6.22. The standard InChI is InChI=1S/C15H28N4/c1-6-7-8-9-19(5)14-12-16-13(10-17-14)11-18-15(2,3)4/h10,12,18H,6-9,11H2,1-5H3. The predicted octanol–water partition coefficient (Wildman–Crippen LogP) is 2.99. The van der Waals surface area contributed by atoms with Crippen LogP contribution in [-0.4, -0.2) is 29.1 Å². The van der Waals surface area contributed by atoms with Crippen LogP contribution in [0.5, 0.6) is 0 Å². The Morgan fingerprint density at radius 3 is 2.42 bits per heavy atom. The quantitative estimate of drug-likeness (QED) is 0.769. The molecular weight excluding hydrogens is 236 g/mol. The first-order valence-electron chi connectivity index (χ1n) is 7.19. The molecule has 0 fully saturated rings. The van der Waals surface area contributed by atoms with Crippen molar-refractivity contribution < 1.29 is 0 Å². The molecule has 0 aliphatic rings. The molecule has 1 heterocycles. The minimum atomic E-state index is 0.108. The highest BCUT2D eigenvalue weighted by Gasteiger charge is 2.09. The van der Waals surface area contributed by atoms with Gasteiger partial charge in [0.05, 0.1) is 18.1 Å². The third-order valence-electron chi connectivity index (χ3n) is 2.98. The highest BCUT2D eigenvalue weighted by atomic mass is 15.2. The second-order valence-electron chi connectivity index (χ2n) is 6.10. The predicted molar refractivity (Wildman–Crippen MR) is 81.4 cm³/mol. The first-order valence-corrected chi connectivity index (χ1v) is 7.19. The van der Waals surface area contributed by atoms with Crippen molar-refractivity contribution in [3.8, 4) is 0 Å². The molecule has 1 aromatic heterocycles. The zero-order valence-corrected chi connectivity index (χ0v) is 13.0. The molecule has 4 heteroatoms. The molecular formula is C15H28N4. The van der Waals surface area contributed by atoms with Gasteiger partial charge in [0.25, 0.3) is 0 Å². The summed E-state index contributed by atoms with van der Waals surface area (Å²) in [5, 5.41) is 3.41. The summed E-state index contributed by atoms with van der Waals surface area (Å²) in [6, 6.07) is 0. The van der Waals surface area contributed by atoms with Crippen LogP contribution in [0.15, 0.2) is 12.4 Å². The van der Waals surface area contributed by atoms with Crippen molar-refractivity contribution >= 4 is 5.82 Å². The van der Waals surface area contributed by atoms with Gasteiger partial charge >= 0.3 is 0 Å². The Labute approximate surface area is 117 Å². The number of nitrogens with one attached hydrogen (secondary N) is 1. The molecule has 0 spiro atoms. The third kappa shape index (κ3) is 6.53. The molecule has 0 saturated carbocycles. The summed E-state index contributed by atoms with van der Waals surface area (Å²) in [6.07, 6.45) is 7.46. The zero-order valence-electron chi connectivity index (χ0n) is 13.0. The first kappa shape index (κ1) is 15.9. The summed E-state index contributed by atoms with van der Waals surface area (Å²) < 4.78 is 0. The van der Waals surface area contributed by atoms with Crippen LogP contribution in [0, 0.1) is 0 Å². The third-order valence-corrected chi connectivity index (χ3v) is 2.98. The molecule has 0 atom stereocenters. The van der Waals surface area contributed by atoms with E-state index in [1.165, 1.54) is 19.3 Å². The van der Waals surface area contributed by atoms with E-state index in [0.717, 1.165) is 24.6 Å². The summed E-state index contributed by atoms with van der Waals surface area (Å²) >= 11 is 0. The number of rotatable bonds is 7. The van der Waals surface area contributed by atoms with Crippen molar-refractivity contribution in [3.63, 3.8) is 0 Å². The largest absolute Gasteiger partial charge is 0.358 e. The molecule has 1 aromatic rings. The monoisotopic (exact) mass is 264 g/mol. The normalized spacial score (nSPS) is 11.6. The van der Waals surface area contributed by atoms with Crippen LogP contribution in [0.1, 0.15) is 52.7 Å². The molecule has 1 rings (SSSR count). The number of unbranched alkanes of at least 4 members (excludes halogenated alkanes) is 2. The minimum absolute atomic E-state index is 0.108. The van der Waals surface area contributed by atoms with E-state index in [1.54, 1.807) is 0 Å². The molecule has 0 aliphatic carbocycles. The lowest BCUT2D eigenvalue weighted by molar-refractivity contribution is 0.421. The lowest BCUT2D eigenvalue weighted by atomic mass is 10.1. The molecule has 108 valence electrons. The van der Waals surface area contributed by atoms with Gasteiger partial charge in [-0.1, -0.05) is 19.8 Å². The second-order valence-corrected chi connectivity index (χ2v) is 6.10. The Balaban J connectivity index is 2.46. The van der Waals surface area contributed by atoms with E-state index in [4.69, 9.17) is 0 Å². The number of aromatic nitrogens is 2. The molecule has 4 nitrogen and oxygen atoms in total. The van der Waals surface area contributed by atoms with Crippen molar-refractivity contribution in [3.05, 3.63) is 18.1 Å². The summed E-state index contributed by atoms with van der Waals surface area (Å²) in [5.74, 6) is 0.954. The van der Waals surface area contributed by atoms with Crippen LogP contribution >= 0.6 is 0 Å². The van der Waals surface area contributed by atoms with Gasteiger partial charge in [0.2, 0.25) is 0 Å². The van der Waals surface area contributed by atoms with Crippen molar-refractivity contribution in [2.24, 2.45) is 0 Å². The van der Waals surface area contributed by atoms with Gasteiger partial charge in [-0.2, -0.15) is 0 Å². The van der Waals surface area contributed by atoms with Crippen LogP contribution < -0.4 is 10.2 Å². The van der Waals surface area contributed by atoms with E-state index in [0.29, 0.717) is 0 Å². The first-order chi connectivity index (χ1) is 8.92. The molecule has 0 saturated heterocycles. The summed E-state index contributed by atoms with van der Waals surface area (Å²) in [7, 11) is 2.08. The molecule has 0 amide bonds. The topological polar surface area (TPSA) is 41.1 Å². The van der Waals surface area contributed by atoms with Gasteiger partial charge in [0.15, 0.2) is 0 Å². The maximum atomic E-state index is 4.48. The number of anilines is 1. The number of hydrogen-bond acceptors (Lipinski definition) is 4. The number of hydrogen-bond donors (Lipinski definition) is 1. The molecule has 0 aliphatic heterocycles. The van der Waals surface area contributed by atoms with Gasteiger partial charge < -0.3 is 10.2 Å². The van der Waals surface area contributed by atoms with E-state index in [1.807, 2.05) is 12.4 Å². The Morgan fingerprint density at radius 2 is 1.89 bits per heavy atom. The van der Waals surface area contributed by atoms with Gasteiger partial charge in [-0.3, -0.25) is 4.98 Å². The minimum Gasteiger partial charge on any atom is -0.358 e. The van der Waals surface area contributed by atoms with Crippen LogP contribution in [-0.2, 0) is 6.54 Å². The molecule has 19 heavy (non-hydrogen) atoms. The van der Waals surface area contributed by atoms with E-state index in [2.05, 4.69) is 54.9 Å². The Morgan fingerprint density at radius 1 is 1.16 bits per heavy atom. The fraction of sp³-hybridized carbons (Fsp3) is 0.733. The lowest BCUT2D eigenvalue weighted by Gasteiger charge is -2.21. The maximum Gasteiger partial charge on any atom is 0.146 e. The fourth-order valence-electron chi connectivity index (χ4n) is 1.71. The van der Waals surface area contributed by atoms with Gasteiger partial charge in [-0.15, -0.1) is 0 Å². The maximum absolute atomic E-state index is 4.48. The van der Waals surface area contributed by atoms with Gasteiger partial charge in [-0.05, 0) is 27.2 Å². The van der Waals surface area contributed by atoms with Crippen LogP contribution in [0.4, 0.5) is 5.82 Å². The average molecular weight is 264 g/mol. The van der Waals surface area contributed by atoms with Crippen LogP contribution in [0.25, 0.3) is 0 Å². The van der Waals surface area contributed by atoms with E-state index in [9.17, 15) is 0 Å². The van der Waals surface area contributed by atoms with Gasteiger partial charge in [0, 0.05) is 25.7 Å². The molecule has 1 N–H and O–H groups in total. The summed E-state index contributed by atoms with van der Waals surface area (Å²) in [4.78, 5) is 11.1. The van der Waals surface area contributed by atoms with Gasteiger partial charge in [0.1, 0.15) is 5.82 Å². The van der Waals surface area contributed by atoms with E-state index >= 15 is 0 Å². The summed E-state index contributed by atoms with van der Waals surface area (Å²) in [6.45, 7) is 10.5. The highest BCUT2D eigenvalue weighted by Crippen LogP contribution is 2.09. The summed E-state index contributed by atoms with van der Waals surface area (Å²) in [5.41, 5.74) is 1.10.